The lowest BCUT2D eigenvalue weighted by atomic mass is 10.1. The van der Waals surface area contributed by atoms with Gasteiger partial charge in [0, 0.05) is 25.6 Å². The Morgan fingerprint density at radius 1 is 1.30 bits per heavy atom. The number of carbonyl (C=O) groups excluding carboxylic acids is 1. The topological polar surface area (TPSA) is 67.2 Å². The number of hydrogen-bond acceptors (Lipinski definition) is 4. The number of anilines is 1. The molecule has 0 radical (unpaired) electrons. The van der Waals surface area contributed by atoms with E-state index < -0.39 is 0 Å². The van der Waals surface area contributed by atoms with Gasteiger partial charge in [0.25, 0.3) is 0 Å². The maximum atomic E-state index is 11.1. The first-order valence-electron chi connectivity index (χ1n) is 6.69. The molecule has 5 nitrogen and oxygen atoms in total. The van der Waals surface area contributed by atoms with Crippen molar-refractivity contribution in [1.29, 1.82) is 0 Å². The van der Waals surface area contributed by atoms with Crippen molar-refractivity contribution >= 4 is 11.6 Å². The van der Waals surface area contributed by atoms with Crippen LogP contribution in [0.25, 0.3) is 0 Å². The quantitative estimate of drug-likeness (QED) is 0.848. The predicted octanol–water partition coefficient (Wildman–Crippen LogP) is 2.49. The highest BCUT2D eigenvalue weighted by atomic mass is 16.4. The Hall–Kier alpha value is -2.14. The van der Waals surface area contributed by atoms with Gasteiger partial charge in [-0.15, -0.1) is 0 Å². The van der Waals surface area contributed by atoms with Crippen LogP contribution in [-0.4, -0.2) is 10.9 Å². The molecule has 0 fully saturated rings. The summed E-state index contributed by atoms with van der Waals surface area (Å²) in [6, 6.07) is 7.71. The second kappa shape index (κ2) is 6.86. The summed E-state index contributed by atoms with van der Waals surface area (Å²) in [6.45, 7) is 4.74. The average molecular weight is 273 g/mol. The van der Waals surface area contributed by atoms with Crippen molar-refractivity contribution in [2.75, 3.05) is 5.32 Å². The molecule has 1 heterocycles. The number of carbonyl (C=O) groups is 1. The molecule has 2 aromatic rings. The Balaban J connectivity index is 1.92. The number of para-hydroxylation sites is 1. The number of amides is 1. The number of nitrogens with zero attached hydrogens (tertiary/aromatic N) is 1. The first-order chi connectivity index (χ1) is 9.69. The zero-order valence-electron chi connectivity index (χ0n) is 11.8. The summed E-state index contributed by atoms with van der Waals surface area (Å²) in [4.78, 5) is 15.3. The minimum atomic E-state index is -0.0715. The first-order valence-corrected chi connectivity index (χ1v) is 6.69. The molecule has 2 N–H and O–H groups in total. The maximum Gasteiger partial charge on any atom is 0.221 e. The number of rotatable bonds is 6. The Kier molecular flexibility index (Phi) is 4.90. The monoisotopic (exact) mass is 273 g/mol. The Morgan fingerprint density at radius 3 is 2.80 bits per heavy atom. The lowest BCUT2D eigenvalue weighted by molar-refractivity contribution is -0.114. The van der Waals surface area contributed by atoms with Crippen LogP contribution in [0.3, 0.4) is 0 Å². The van der Waals surface area contributed by atoms with E-state index in [1.54, 1.807) is 6.20 Å². The maximum absolute atomic E-state index is 11.1. The Labute approximate surface area is 118 Å². The van der Waals surface area contributed by atoms with Crippen LogP contribution in [0.5, 0.6) is 0 Å². The van der Waals surface area contributed by atoms with Gasteiger partial charge in [-0.05, 0) is 11.6 Å². The summed E-state index contributed by atoms with van der Waals surface area (Å²) < 4.78 is 5.52. The molecule has 0 saturated heterocycles. The van der Waals surface area contributed by atoms with Gasteiger partial charge in [-0.3, -0.25) is 4.79 Å². The number of benzene rings is 1. The molecule has 0 saturated carbocycles. The van der Waals surface area contributed by atoms with Crippen LogP contribution in [0.4, 0.5) is 5.69 Å². The van der Waals surface area contributed by atoms with Crippen molar-refractivity contribution in [2.45, 2.75) is 33.4 Å². The van der Waals surface area contributed by atoms with Crippen molar-refractivity contribution in [2.24, 2.45) is 0 Å². The highest BCUT2D eigenvalue weighted by Gasteiger charge is 2.05. The van der Waals surface area contributed by atoms with Crippen LogP contribution in [0.2, 0.25) is 0 Å². The fraction of sp³-hybridized carbons (Fsp3) is 0.333. The zero-order valence-corrected chi connectivity index (χ0v) is 11.8. The van der Waals surface area contributed by atoms with E-state index in [0.717, 1.165) is 23.4 Å². The summed E-state index contributed by atoms with van der Waals surface area (Å²) in [7, 11) is 0. The van der Waals surface area contributed by atoms with Gasteiger partial charge < -0.3 is 15.1 Å². The third-order valence-corrected chi connectivity index (χ3v) is 2.87. The van der Waals surface area contributed by atoms with Crippen molar-refractivity contribution in [1.82, 2.24) is 10.3 Å². The zero-order chi connectivity index (χ0) is 14.4. The van der Waals surface area contributed by atoms with Gasteiger partial charge in [-0.2, -0.15) is 0 Å². The van der Waals surface area contributed by atoms with E-state index in [2.05, 4.69) is 15.6 Å². The highest BCUT2D eigenvalue weighted by molar-refractivity contribution is 5.89. The van der Waals surface area contributed by atoms with Crippen molar-refractivity contribution in [3.8, 4) is 0 Å². The number of oxazole rings is 1. The molecular weight excluding hydrogens is 254 g/mol. The normalized spacial score (nSPS) is 10.5. The van der Waals surface area contributed by atoms with Crippen LogP contribution < -0.4 is 10.6 Å². The van der Waals surface area contributed by atoms with E-state index in [1.165, 1.54) is 6.92 Å². The third-order valence-electron chi connectivity index (χ3n) is 2.87. The molecular formula is C15H19N3O2. The minimum Gasteiger partial charge on any atom is -0.444 e. The van der Waals surface area contributed by atoms with Gasteiger partial charge in [0.05, 0.1) is 12.7 Å². The number of hydrogen-bond donors (Lipinski definition) is 2. The number of aryl methyl sites for hydroxylation is 1. The van der Waals surface area contributed by atoms with E-state index in [0.29, 0.717) is 19.0 Å². The molecule has 20 heavy (non-hydrogen) atoms. The van der Waals surface area contributed by atoms with E-state index in [1.807, 2.05) is 31.2 Å². The van der Waals surface area contributed by atoms with Crippen molar-refractivity contribution in [3.63, 3.8) is 0 Å². The van der Waals surface area contributed by atoms with Gasteiger partial charge in [0.2, 0.25) is 11.8 Å². The van der Waals surface area contributed by atoms with Gasteiger partial charge >= 0.3 is 0 Å². The molecule has 1 aromatic carbocycles. The van der Waals surface area contributed by atoms with Gasteiger partial charge in [0.15, 0.2) is 0 Å². The van der Waals surface area contributed by atoms with Crippen molar-refractivity contribution in [3.05, 3.63) is 47.7 Å². The smallest absolute Gasteiger partial charge is 0.221 e. The lowest BCUT2D eigenvalue weighted by Crippen LogP contribution is -2.15. The Bertz CT molecular complexity index is 578. The summed E-state index contributed by atoms with van der Waals surface area (Å²) in [5, 5.41) is 6.08. The molecule has 2 rings (SSSR count). The van der Waals surface area contributed by atoms with Crippen LogP contribution in [0.15, 0.2) is 34.9 Å². The molecule has 0 aliphatic heterocycles. The van der Waals surface area contributed by atoms with E-state index >= 15 is 0 Å². The van der Waals surface area contributed by atoms with Gasteiger partial charge in [0.1, 0.15) is 5.76 Å². The summed E-state index contributed by atoms with van der Waals surface area (Å²) in [6.07, 6.45) is 2.60. The molecule has 1 aromatic heterocycles. The largest absolute Gasteiger partial charge is 0.444 e. The second-order valence-electron chi connectivity index (χ2n) is 4.52. The molecule has 1 amide bonds. The van der Waals surface area contributed by atoms with E-state index in [4.69, 9.17) is 4.42 Å². The average Bonchev–Trinajstić information content (AvgIpc) is 2.88. The third kappa shape index (κ3) is 3.93. The molecule has 5 heteroatoms. The first kappa shape index (κ1) is 14.3. The highest BCUT2D eigenvalue weighted by Crippen LogP contribution is 2.14. The van der Waals surface area contributed by atoms with Crippen molar-refractivity contribution < 1.29 is 9.21 Å². The molecule has 0 unspecified atom stereocenters. The second-order valence-corrected chi connectivity index (χ2v) is 4.52. The fourth-order valence-electron chi connectivity index (χ4n) is 1.88. The number of aromatic nitrogens is 1. The van der Waals surface area contributed by atoms with Crippen LogP contribution in [-0.2, 0) is 24.3 Å². The van der Waals surface area contributed by atoms with Crippen LogP contribution in [0.1, 0.15) is 31.1 Å². The predicted molar refractivity (Wildman–Crippen MR) is 77.2 cm³/mol. The SMILES string of the molecule is CCc1cnc(CNCc2ccccc2NC(C)=O)o1. The molecule has 106 valence electrons. The summed E-state index contributed by atoms with van der Waals surface area (Å²) in [5.41, 5.74) is 1.86. The standard InChI is InChI=1S/C15H19N3O2/c1-3-13-9-17-15(20-13)10-16-8-12-6-4-5-7-14(12)18-11(2)19/h4-7,9,16H,3,8,10H2,1-2H3,(H,18,19). The van der Waals surface area contributed by atoms with Gasteiger partial charge in [-0.1, -0.05) is 25.1 Å². The molecule has 0 aliphatic carbocycles. The molecule has 0 aliphatic rings. The molecule has 0 spiro atoms. The molecule has 0 atom stereocenters. The van der Waals surface area contributed by atoms with E-state index in [-0.39, 0.29) is 5.91 Å². The number of nitrogens with one attached hydrogen (secondary N) is 2. The van der Waals surface area contributed by atoms with Gasteiger partial charge in [-0.25, -0.2) is 4.98 Å². The summed E-state index contributed by atoms with van der Waals surface area (Å²) >= 11 is 0. The lowest BCUT2D eigenvalue weighted by Gasteiger charge is -2.09. The van der Waals surface area contributed by atoms with Crippen LogP contribution >= 0.6 is 0 Å². The van der Waals surface area contributed by atoms with Crippen LogP contribution in [0, 0.1) is 0 Å². The fourth-order valence-corrected chi connectivity index (χ4v) is 1.88. The van der Waals surface area contributed by atoms with E-state index in [9.17, 15) is 4.79 Å². The molecule has 0 bridgehead atoms. The Morgan fingerprint density at radius 2 is 2.10 bits per heavy atom. The minimum absolute atomic E-state index is 0.0715. The summed E-state index contributed by atoms with van der Waals surface area (Å²) in [5.74, 6) is 1.50.